The standard InChI is InChI=1S/C23H35N5O.HI/c1-5-18-16-28(15-13-20(18)19-10-8-7-9-11-19)23(24-6-2)25-14-12-21-26-22(17(3)4)27-29-21;/h7-11,17-18,20H,5-6,12-16H2,1-4H3,(H,24,25);1H. The summed E-state index contributed by atoms with van der Waals surface area (Å²) >= 11 is 0. The number of guanidine groups is 1. The van der Waals surface area contributed by atoms with Crippen LogP contribution in [-0.2, 0) is 6.42 Å². The summed E-state index contributed by atoms with van der Waals surface area (Å²) in [4.78, 5) is 11.7. The van der Waals surface area contributed by atoms with E-state index in [2.05, 4.69) is 78.4 Å². The van der Waals surface area contributed by atoms with E-state index in [1.807, 2.05) is 0 Å². The molecule has 0 aliphatic carbocycles. The molecule has 1 saturated heterocycles. The minimum Gasteiger partial charge on any atom is -0.357 e. The van der Waals surface area contributed by atoms with Gasteiger partial charge in [0.1, 0.15) is 0 Å². The first kappa shape index (κ1) is 24.6. The van der Waals surface area contributed by atoms with Crippen molar-refractivity contribution in [3.63, 3.8) is 0 Å². The molecule has 1 fully saturated rings. The Bertz CT molecular complexity index is 777. The lowest BCUT2D eigenvalue weighted by molar-refractivity contribution is 0.215. The zero-order valence-electron chi connectivity index (χ0n) is 18.7. The number of nitrogens with zero attached hydrogens (tertiary/aromatic N) is 4. The number of likely N-dealkylation sites (tertiary alicyclic amines) is 1. The van der Waals surface area contributed by atoms with Crippen LogP contribution in [0.4, 0.5) is 0 Å². The molecule has 2 unspecified atom stereocenters. The lowest BCUT2D eigenvalue weighted by Gasteiger charge is -2.40. The maximum atomic E-state index is 5.35. The van der Waals surface area contributed by atoms with Crippen molar-refractivity contribution in [3.05, 3.63) is 47.6 Å². The SMILES string of the molecule is CCNC(=NCCc1nc(C(C)C)no1)N1CCC(c2ccccc2)C(CC)C1.I. The number of aromatic nitrogens is 2. The van der Waals surface area contributed by atoms with E-state index in [0.29, 0.717) is 30.7 Å². The van der Waals surface area contributed by atoms with Crippen molar-refractivity contribution in [2.24, 2.45) is 10.9 Å². The van der Waals surface area contributed by atoms with Gasteiger partial charge in [-0.25, -0.2) is 0 Å². The molecular formula is C23H36IN5O. The summed E-state index contributed by atoms with van der Waals surface area (Å²) in [6, 6.07) is 11.0. The molecule has 0 bridgehead atoms. The van der Waals surface area contributed by atoms with Crippen molar-refractivity contribution < 1.29 is 4.52 Å². The van der Waals surface area contributed by atoms with E-state index in [9.17, 15) is 0 Å². The van der Waals surface area contributed by atoms with Gasteiger partial charge in [0, 0.05) is 32.0 Å². The second kappa shape index (κ2) is 12.3. The lowest BCUT2D eigenvalue weighted by atomic mass is 9.79. The van der Waals surface area contributed by atoms with Crippen molar-refractivity contribution in [1.82, 2.24) is 20.4 Å². The molecule has 0 spiro atoms. The lowest BCUT2D eigenvalue weighted by Crippen LogP contribution is -2.48. The molecular weight excluding hydrogens is 489 g/mol. The van der Waals surface area contributed by atoms with Crippen LogP contribution < -0.4 is 5.32 Å². The average molecular weight is 525 g/mol. The van der Waals surface area contributed by atoms with Gasteiger partial charge in [0.25, 0.3) is 0 Å². The van der Waals surface area contributed by atoms with Crippen LogP contribution in [-0.4, -0.2) is 47.2 Å². The summed E-state index contributed by atoms with van der Waals surface area (Å²) in [7, 11) is 0. The maximum Gasteiger partial charge on any atom is 0.228 e. The van der Waals surface area contributed by atoms with Crippen molar-refractivity contribution in [2.45, 2.75) is 58.8 Å². The van der Waals surface area contributed by atoms with E-state index >= 15 is 0 Å². The van der Waals surface area contributed by atoms with Gasteiger partial charge in [0.2, 0.25) is 5.89 Å². The summed E-state index contributed by atoms with van der Waals surface area (Å²) in [6.07, 6.45) is 3.01. The molecule has 6 nitrogen and oxygen atoms in total. The monoisotopic (exact) mass is 525 g/mol. The summed E-state index contributed by atoms with van der Waals surface area (Å²) in [5.74, 6) is 3.99. The Morgan fingerprint density at radius 2 is 2.03 bits per heavy atom. The van der Waals surface area contributed by atoms with Gasteiger partial charge < -0.3 is 14.7 Å². The molecule has 1 aliphatic heterocycles. The molecule has 3 rings (SSSR count). The van der Waals surface area contributed by atoms with Crippen molar-refractivity contribution in [2.75, 3.05) is 26.2 Å². The quantitative estimate of drug-likeness (QED) is 0.319. The molecule has 30 heavy (non-hydrogen) atoms. The number of benzene rings is 1. The second-order valence-electron chi connectivity index (χ2n) is 8.11. The van der Waals surface area contributed by atoms with E-state index in [4.69, 9.17) is 9.52 Å². The topological polar surface area (TPSA) is 66.5 Å². The van der Waals surface area contributed by atoms with Crippen LogP contribution >= 0.6 is 24.0 Å². The molecule has 1 N–H and O–H groups in total. The number of hydrogen-bond donors (Lipinski definition) is 1. The number of rotatable bonds is 7. The molecule has 0 radical (unpaired) electrons. The van der Waals surface area contributed by atoms with Gasteiger partial charge in [0.05, 0.1) is 6.54 Å². The van der Waals surface area contributed by atoms with Crippen LogP contribution in [0.3, 0.4) is 0 Å². The first-order chi connectivity index (χ1) is 14.1. The Balaban J connectivity index is 0.00000320. The van der Waals surface area contributed by atoms with Crippen molar-refractivity contribution in [3.8, 4) is 0 Å². The fourth-order valence-electron chi connectivity index (χ4n) is 4.06. The maximum absolute atomic E-state index is 5.35. The highest BCUT2D eigenvalue weighted by atomic mass is 127. The van der Waals surface area contributed by atoms with E-state index in [-0.39, 0.29) is 29.9 Å². The Hall–Kier alpha value is -1.64. The third-order valence-corrected chi connectivity index (χ3v) is 5.71. The summed E-state index contributed by atoms with van der Waals surface area (Å²) < 4.78 is 5.35. The van der Waals surface area contributed by atoms with Crippen LogP contribution in [0.5, 0.6) is 0 Å². The average Bonchev–Trinajstić information content (AvgIpc) is 3.22. The van der Waals surface area contributed by atoms with Crippen LogP contribution in [0.2, 0.25) is 0 Å². The normalized spacial score (nSPS) is 19.6. The Morgan fingerprint density at radius 3 is 2.67 bits per heavy atom. The third kappa shape index (κ3) is 6.43. The molecule has 2 aromatic rings. The highest BCUT2D eigenvalue weighted by Crippen LogP contribution is 2.34. The number of aliphatic imine (C=N–C) groups is 1. The zero-order valence-corrected chi connectivity index (χ0v) is 21.0. The molecule has 2 atom stereocenters. The van der Waals surface area contributed by atoms with E-state index < -0.39 is 0 Å². The predicted octanol–water partition coefficient (Wildman–Crippen LogP) is 4.83. The minimum absolute atomic E-state index is 0. The molecule has 2 heterocycles. The van der Waals surface area contributed by atoms with Crippen LogP contribution in [0, 0.1) is 5.92 Å². The molecule has 166 valence electrons. The molecule has 1 aromatic carbocycles. The van der Waals surface area contributed by atoms with Gasteiger partial charge in [-0.05, 0) is 30.7 Å². The fraction of sp³-hybridized carbons (Fsp3) is 0.609. The van der Waals surface area contributed by atoms with Gasteiger partial charge >= 0.3 is 0 Å². The molecule has 0 amide bonds. The largest absolute Gasteiger partial charge is 0.357 e. The number of hydrogen-bond acceptors (Lipinski definition) is 4. The Morgan fingerprint density at radius 1 is 1.27 bits per heavy atom. The van der Waals surface area contributed by atoms with Crippen LogP contribution in [0.15, 0.2) is 39.8 Å². The number of halogens is 1. The number of piperidine rings is 1. The van der Waals surface area contributed by atoms with Gasteiger partial charge in [-0.1, -0.05) is 62.7 Å². The Labute approximate surface area is 197 Å². The van der Waals surface area contributed by atoms with Gasteiger partial charge in [-0.2, -0.15) is 4.98 Å². The Kier molecular flexibility index (Phi) is 10.1. The van der Waals surface area contributed by atoms with Crippen LogP contribution in [0.25, 0.3) is 0 Å². The first-order valence-corrected chi connectivity index (χ1v) is 11.0. The second-order valence-corrected chi connectivity index (χ2v) is 8.11. The van der Waals surface area contributed by atoms with E-state index in [0.717, 1.165) is 37.8 Å². The summed E-state index contributed by atoms with van der Waals surface area (Å²) in [6.45, 7) is 12.1. The highest BCUT2D eigenvalue weighted by Gasteiger charge is 2.30. The van der Waals surface area contributed by atoms with Gasteiger partial charge in [-0.3, -0.25) is 4.99 Å². The third-order valence-electron chi connectivity index (χ3n) is 5.71. The summed E-state index contributed by atoms with van der Waals surface area (Å²) in [5, 5.41) is 7.51. The van der Waals surface area contributed by atoms with Gasteiger partial charge in [-0.15, -0.1) is 24.0 Å². The number of nitrogens with one attached hydrogen (secondary N) is 1. The molecule has 1 aromatic heterocycles. The van der Waals surface area contributed by atoms with Crippen molar-refractivity contribution >= 4 is 29.9 Å². The van der Waals surface area contributed by atoms with E-state index in [1.54, 1.807) is 0 Å². The van der Waals surface area contributed by atoms with Crippen molar-refractivity contribution in [1.29, 1.82) is 0 Å². The smallest absolute Gasteiger partial charge is 0.228 e. The van der Waals surface area contributed by atoms with E-state index in [1.165, 1.54) is 12.0 Å². The minimum atomic E-state index is 0. The highest BCUT2D eigenvalue weighted by molar-refractivity contribution is 14.0. The summed E-state index contributed by atoms with van der Waals surface area (Å²) in [5.41, 5.74) is 1.47. The van der Waals surface area contributed by atoms with Gasteiger partial charge in [0.15, 0.2) is 11.8 Å². The molecule has 1 aliphatic rings. The predicted molar refractivity (Wildman–Crippen MR) is 133 cm³/mol. The molecule has 0 saturated carbocycles. The first-order valence-electron chi connectivity index (χ1n) is 11.0. The van der Waals surface area contributed by atoms with Crippen LogP contribution in [0.1, 0.15) is 69.7 Å². The zero-order chi connectivity index (χ0) is 20.6. The molecule has 7 heteroatoms. The fourth-order valence-corrected chi connectivity index (χ4v) is 4.06.